The number of hydrogen-bond acceptors (Lipinski definition) is 11. The topological polar surface area (TPSA) is 99.4 Å². The summed E-state index contributed by atoms with van der Waals surface area (Å²) in [7, 11) is 1.64. The van der Waals surface area contributed by atoms with Gasteiger partial charge in [0.1, 0.15) is 17.6 Å². The zero-order valence-electron chi connectivity index (χ0n) is 26.6. The number of piperazine rings is 1. The molecule has 240 valence electrons. The second-order valence-electron chi connectivity index (χ2n) is 11.1. The second-order valence-corrected chi connectivity index (χ2v) is 13.2. The predicted molar refractivity (Wildman–Crippen MR) is 190 cm³/mol. The second kappa shape index (κ2) is 15.9. The number of pyridine rings is 1. The zero-order chi connectivity index (χ0) is 32.4. The Morgan fingerprint density at radius 1 is 0.957 bits per heavy atom. The highest BCUT2D eigenvalue weighted by molar-refractivity contribution is 8.00. The third kappa shape index (κ3) is 8.28. The molecule has 0 saturated carbocycles. The number of thiophene rings is 1. The molecule has 0 spiro atoms. The van der Waals surface area contributed by atoms with Gasteiger partial charge in [-0.3, -0.25) is 9.88 Å². The van der Waals surface area contributed by atoms with E-state index in [4.69, 9.17) is 14.5 Å². The van der Waals surface area contributed by atoms with Crippen molar-refractivity contribution < 1.29 is 9.47 Å². The summed E-state index contributed by atoms with van der Waals surface area (Å²) in [6.07, 6.45) is 8.42. The molecule has 1 aliphatic rings. The van der Waals surface area contributed by atoms with E-state index < -0.39 is 0 Å². The average Bonchev–Trinajstić information content (AvgIpc) is 3.51. The number of thioether (sulfide) groups is 1. The molecule has 4 heterocycles. The van der Waals surface area contributed by atoms with Crippen molar-refractivity contribution in [1.29, 1.82) is 5.26 Å². The van der Waals surface area contributed by atoms with Gasteiger partial charge in [0.2, 0.25) is 5.95 Å². The minimum Gasteiger partial charge on any atom is -0.497 e. The maximum absolute atomic E-state index is 10.1. The van der Waals surface area contributed by atoms with Gasteiger partial charge in [0.05, 0.1) is 34.1 Å². The summed E-state index contributed by atoms with van der Waals surface area (Å²) >= 11 is 3.13. The molecule has 2 aromatic carbocycles. The number of hydrogen-bond donors (Lipinski definition) is 1. The van der Waals surface area contributed by atoms with E-state index in [0.717, 1.165) is 88.8 Å². The first-order valence-electron chi connectivity index (χ1n) is 15.6. The van der Waals surface area contributed by atoms with E-state index in [1.807, 2.05) is 73.2 Å². The fraction of sp³-hybridized carbons (Fsp3) is 0.278. The van der Waals surface area contributed by atoms with Crippen LogP contribution in [0.5, 0.6) is 11.5 Å². The van der Waals surface area contributed by atoms with Gasteiger partial charge < -0.3 is 19.7 Å². The van der Waals surface area contributed by atoms with Crippen LogP contribution in [0.3, 0.4) is 0 Å². The highest BCUT2D eigenvalue weighted by atomic mass is 32.2. The van der Waals surface area contributed by atoms with Gasteiger partial charge in [0.15, 0.2) is 0 Å². The molecule has 0 aliphatic carbocycles. The fourth-order valence-electron chi connectivity index (χ4n) is 5.62. The molecule has 3 aromatic heterocycles. The highest BCUT2D eigenvalue weighted by Crippen LogP contribution is 2.46. The van der Waals surface area contributed by atoms with E-state index in [2.05, 4.69) is 43.3 Å². The van der Waals surface area contributed by atoms with Gasteiger partial charge in [-0.25, -0.2) is 9.97 Å². The van der Waals surface area contributed by atoms with E-state index in [1.165, 1.54) is 5.56 Å². The molecule has 6 rings (SSSR count). The molecule has 1 N–H and O–H groups in total. The molecule has 1 fully saturated rings. The lowest BCUT2D eigenvalue weighted by atomic mass is 10.0. The van der Waals surface area contributed by atoms with Gasteiger partial charge in [-0.2, -0.15) is 5.26 Å². The van der Waals surface area contributed by atoms with E-state index >= 15 is 0 Å². The van der Waals surface area contributed by atoms with Crippen molar-refractivity contribution in [2.75, 3.05) is 58.0 Å². The third-order valence-electron chi connectivity index (χ3n) is 8.02. The number of aromatic nitrogens is 3. The molecule has 0 unspecified atom stereocenters. The Labute approximate surface area is 284 Å². The zero-order valence-corrected chi connectivity index (χ0v) is 28.2. The minimum atomic E-state index is 0.469. The van der Waals surface area contributed by atoms with Crippen LogP contribution in [0.15, 0.2) is 89.5 Å². The molecule has 11 heteroatoms. The predicted octanol–water partition coefficient (Wildman–Crippen LogP) is 7.20. The first-order valence-corrected chi connectivity index (χ1v) is 17.6. The van der Waals surface area contributed by atoms with Crippen molar-refractivity contribution in [3.05, 3.63) is 96.4 Å². The van der Waals surface area contributed by atoms with Crippen molar-refractivity contribution in [3.8, 4) is 39.3 Å². The quantitative estimate of drug-likeness (QED) is 0.103. The lowest BCUT2D eigenvalue weighted by Gasteiger charge is -2.34. The minimum absolute atomic E-state index is 0.469. The number of ether oxygens (including phenoxy) is 2. The number of anilines is 2. The molecule has 1 aliphatic heterocycles. The van der Waals surface area contributed by atoms with Crippen LogP contribution in [0.1, 0.15) is 17.5 Å². The summed E-state index contributed by atoms with van der Waals surface area (Å²) in [5.74, 6) is 2.00. The summed E-state index contributed by atoms with van der Waals surface area (Å²) in [6.45, 7) is 6.96. The Balaban J connectivity index is 1.06. The normalized spacial score (nSPS) is 13.6. The van der Waals surface area contributed by atoms with Gasteiger partial charge >= 0.3 is 0 Å². The lowest BCUT2D eigenvalue weighted by Crippen LogP contribution is -2.46. The van der Waals surface area contributed by atoms with Crippen LogP contribution < -0.4 is 14.8 Å². The van der Waals surface area contributed by atoms with Gasteiger partial charge in [-0.05, 0) is 66.3 Å². The van der Waals surface area contributed by atoms with Crippen molar-refractivity contribution in [1.82, 2.24) is 24.8 Å². The van der Waals surface area contributed by atoms with E-state index in [-0.39, 0.29) is 0 Å². The Bertz CT molecular complexity index is 1820. The number of benzene rings is 2. The SMILES string of the molecule is COc1cccc(-c2c(-c3ccnc(Nc4cccc(OCCCN5CCN(Cc6ccncc6)CC5)c4)n3)sc(SC)c2C#N)c1. The molecule has 5 aromatic rings. The van der Waals surface area contributed by atoms with E-state index in [0.29, 0.717) is 18.1 Å². The van der Waals surface area contributed by atoms with Crippen LogP contribution in [0.2, 0.25) is 0 Å². The van der Waals surface area contributed by atoms with Crippen molar-refractivity contribution >= 4 is 34.7 Å². The maximum Gasteiger partial charge on any atom is 0.227 e. The number of nitrogens with zero attached hydrogens (tertiary/aromatic N) is 6. The van der Waals surface area contributed by atoms with Crippen LogP contribution >= 0.6 is 23.1 Å². The molecule has 47 heavy (non-hydrogen) atoms. The third-order valence-corrected chi connectivity index (χ3v) is 10.3. The number of rotatable bonds is 13. The highest BCUT2D eigenvalue weighted by Gasteiger charge is 2.22. The van der Waals surface area contributed by atoms with Crippen LogP contribution in [0.4, 0.5) is 11.6 Å². The Morgan fingerprint density at radius 3 is 2.53 bits per heavy atom. The molecule has 0 bridgehead atoms. The van der Waals surface area contributed by atoms with Gasteiger partial charge in [0.25, 0.3) is 0 Å². The monoisotopic (exact) mass is 663 g/mol. The van der Waals surface area contributed by atoms with E-state index in [9.17, 15) is 5.26 Å². The summed E-state index contributed by atoms with van der Waals surface area (Å²) in [4.78, 5) is 19.4. The van der Waals surface area contributed by atoms with Crippen LogP contribution in [0.25, 0.3) is 21.7 Å². The largest absolute Gasteiger partial charge is 0.497 e. The first kappa shape index (κ1) is 32.5. The maximum atomic E-state index is 10.1. The van der Waals surface area contributed by atoms with Gasteiger partial charge in [-0.1, -0.05) is 18.2 Å². The molecule has 1 saturated heterocycles. The summed E-state index contributed by atoms with van der Waals surface area (Å²) in [6, 6.07) is 24.2. The average molecular weight is 664 g/mol. The number of methoxy groups -OCH3 is 1. The van der Waals surface area contributed by atoms with Gasteiger partial charge in [0, 0.05) is 75.2 Å². The first-order chi connectivity index (χ1) is 23.1. The summed E-state index contributed by atoms with van der Waals surface area (Å²) in [5, 5.41) is 13.4. The molecule has 0 atom stereocenters. The van der Waals surface area contributed by atoms with Crippen LogP contribution in [-0.2, 0) is 6.54 Å². The molecule has 9 nitrogen and oxygen atoms in total. The number of nitrogens with one attached hydrogen (secondary N) is 1. The molecular formula is C36H37N7O2S2. The Hall–Kier alpha value is -4.47. The molecule has 0 radical (unpaired) electrons. The summed E-state index contributed by atoms with van der Waals surface area (Å²) < 4.78 is 12.5. The summed E-state index contributed by atoms with van der Waals surface area (Å²) in [5.41, 5.74) is 5.31. The van der Waals surface area contributed by atoms with Crippen LogP contribution in [0, 0.1) is 11.3 Å². The van der Waals surface area contributed by atoms with E-state index in [1.54, 1.807) is 36.4 Å². The molecule has 0 amide bonds. The standard InChI is InChI=1S/C36H37N7O2S2/c1-44-29-8-3-6-27(22-29)33-31(24-37)35(46-2)47-34(33)32-12-15-39-36(41-32)40-28-7-4-9-30(23-28)45-21-5-16-42-17-19-43(20-18-42)25-26-10-13-38-14-11-26/h3-4,6-15,22-23H,5,16-21,25H2,1-2H3,(H,39,40,41). The lowest BCUT2D eigenvalue weighted by molar-refractivity contribution is 0.121. The molecular weight excluding hydrogens is 627 g/mol. The van der Waals surface area contributed by atoms with Gasteiger partial charge in [-0.15, -0.1) is 23.1 Å². The van der Waals surface area contributed by atoms with Crippen LogP contribution in [-0.4, -0.2) is 77.4 Å². The fourth-order valence-corrected chi connectivity index (χ4v) is 7.53. The smallest absolute Gasteiger partial charge is 0.227 e. The van der Waals surface area contributed by atoms with Crippen molar-refractivity contribution in [2.45, 2.75) is 17.2 Å². The Kier molecular flexibility index (Phi) is 11.0. The Morgan fingerprint density at radius 2 is 1.74 bits per heavy atom. The van der Waals surface area contributed by atoms with Crippen molar-refractivity contribution in [3.63, 3.8) is 0 Å². The van der Waals surface area contributed by atoms with Crippen molar-refractivity contribution in [2.24, 2.45) is 0 Å². The number of nitriles is 1.